The number of aliphatic hydroxyl groups is 1. The minimum Gasteiger partial charge on any atom is -0.390 e. The highest BCUT2D eigenvalue weighted by atomic mass is 19.4. The van der Waals surface area contributed by atoms with E-state index in [0.717, 1.165) is 12.8 Å². The van der Waals surface area contributed by atoms with Gasteiger partial charge >= 0.3 is 12.4 Å². The van der Waals surface area contributed by atoms with E-state index in [2.05, 4.69) is 0 Å². The van der Waals surface area contributed by atoms with E-state index >= 15 is 0 Å². The Hall–Kier alpha value is -0.540. The number of hydrogen-bond acceptors (Lipinski definition) is 3. The molecule has 4 aliphatic rings. The number of halogens is 6. The maximum atomic E-state index is 13.4. The van der Waals surface area contributed by atoms with Crippen LogP contribution in [-0.4, -0.2) is 72.6 Å². The first-order valence-electron chi connectivity index (χ1n) is 11.2. The minimum absolute atomic E-state index is 0.0658. The summed E-state index contributed by atoms with van der Waals surface area (Å²) < 4.78 is 80.6. The molecule has 0 amide bonds. The molecule has 0 aromatic heterocycles. The van der Waals surface area contributed by atoms with E-state index in [1.54, 1.807) is 0 Å². The summed E-state index contributed by atoms with van der Waals surface area (Å²) in [5.41, 5.74) is -1.42. The first-order valence-corrected chi connectivity index (χ1v) is 11.2. The summed E-state index contributed by atoms with van der Waals surface area (Å²) in [6.07, 6.45) is -5.02. The fourth-order valence-electron chi connectivity index (χ4n) is 6.77. The van der Waals surface area contributed by atoms with Crippen molar-refractivity contribution in [2.45, 2.75) is 69.8 Å². The van der Waals surface area contributed by atoms with Crippen LogP contribution < -0.4 is 0 Å². The van der Waals surface area contributed by atoms with Crippen molar-refractivity contribution in [2.75, 3.05) is 39.3 Å². The molecule has 2 atom stereocenters. The minimum atomic E-state index is -4.18. The Kier molecular flexibility index (Phi) is 5.89. The third-order valence-corrected chi connectivity index (χ3v) is 8.45. The van der Waals surface area contributed by atoms with Gasteiger partial charge in [-0.2, -0.15) is 26.3 Å². The fraction of sp³-hybridized carbons (Fsp3) is 1.00. The molecule has 2 spiro atoms. The number of hydrogen-bond donors (Lipinski definition) is 1. The highest BCUT2D eigenvalue weighted by Gasteiger charge is 2.59. The van der Waals surface area contributed by atoms with Crippen LogP contribution in [0.25, 0.3) is 0 Å². The van der Waals surface area contributed by atoms with Crippen molar-refractivity contribution in [3.8, 4) is 0 Å². The Labute approximate surface area is 173 Å². The summed E-state index contributed by atoms with van der Waals surface area (Å²) in [6.45, 7) is 1.91. The number of alkyl halides is 6. The quantitative estimate of drug-likeness (QED) is 0.652. The summed E-state index contributed by atoms with van der Waals surface area (Å²) >= 11 is 0. The molecule has 0 radical (unpaired) electrons. The monoisotopic (exact) mass is 442 g/mol. The third kappa shape index (κ3) is 4.22. The van der Waals surface area contributed by atoms with Crippen LogP contribution in [0.2, 0.25) is 0 Å². The van der Waals surface area contributed by atoms with Gasteiger partial charge in [-0.05, 0) is 62.4 Å². The topological polar surface area (TPSA) is 26.7 Å². The number of aliphatic hydroxyl groups excluding tert-OH is 1. The normalized spacial score (nSPS) is 33.3. The van der Waals surface area contributed by atoms with E-state index < -0.39 is 41.1 Å². The zero-order valence-corrected chi connectivity index (χ0v) is 17.2. The number of β-amino-alcohol motifs (C(OH)–C–C–N with tert-alkyl or cyclic N) is 1. The average Bonchev–Trinajstić information content (AvgIpc) is 2.56. The van der Waals surface area contributed by atoms with Gasteiger partial charge in [-0.15, -0.1) is 0 Å². The van der Waals surface area contributed by atoms with Crippen LogP contribution in [0.3, 0.4) is 0 Å². The highest BCUT2D eigenvalue weighted by Crippen LogP contribution is 2.57. The van der Waals surface area contributed by atoms with Crippen LogP contribution >= 0.6 is 0 Å². The summed E-state index contributed by atoms with van der Waals surface area (Å²) in [7, 11) is 0. The SMILES string of the molecule is OC(CN1CCC(C(F)(F)F)C2(CCC2)C1)CN1CCC(C(F)(F)F)C2(CCC2)C1. The van der Waals surface area contributed by atoms with Crippen LogP contribution in [0.15, 0.2) is 0 Å². The molecular weight excluding hydrogens is 410 g/mol. The number of piperidine rings is 2. The number of rotatable bonds is 4. The molecule has 0 aromatic rings. The molecule has 4 rings (SSSR count). The smallest absolute Gasteiger partial charge is 0.390 e. The standard InChI is InChI=1S/C21H32F6N2O/c22-20(23,24)16-3-9-28(13-18(16)5-1-6-18)11-15(30)12-29-10-4-17(21(25,26)27)19(14-29)7-2-8-19/h15-17,30H,1-14H2. The molecule has 2 heterocycles. The predicted molar refractivity (Wildman–Crippen MR) is 99.8 cm³/mol. The molecule has 9 heteroatoms. The Bertz CT molecular complexity index is 562. The second-order valence-electron chi connectivity index (χ2n) is 10.3. The molecule has 2 saturated carbocycles. The van der Waals surface area contributed by atoms with Crippen molar-refractivity contribution in [3.63, 3.8) is 0 Å². The van der Waals surface area contributed by atoms with Crippen LogP contribution in [-0.2, 0) is 0 Å². The summed E-state index contributed by atoms with van der Waals surface area (Å²) in [6, 6.07) is 0. The van der Waals surface area contributed by atoms with Crippen molar-refractivity contribution in [2.24, 2.45) is 22.7 Å². The lowest BCUT2D eigenvalue weighted by atomic mass is 9.58. The summed E-state index contributed by atoms with van der Waals surface area (Å²) in [4.78, 5) is 3.88. The summed E-state index contributed by atoms with van der Waals surface area (Å²) in [5, 5.41) is 10.6. The lowest BCUT2D eigenvalue weighted by Crippen LogP contribution is -2.59. The molecular formula is C21H32F6N2O. The van der Waals surface area contributed by atoms with Gasteiger partial charge < -0.3 is 14.9 Å². The first-order chi connectivity index (χ1) is 13.9. The van der Waals surface area contributed by atoms with Gasteiger partial charge in [0, 0.05) is 26.2 Å². The average molecular weight is 442 g/mol. The zero-order valence-electron chi connectivity index (χ0n) is 17.2. The third-order valence-electron chi connectivity index (χ3n) is 8.45. The van der Waals surface area contributed by atoms with Crippen LogP contribution in [0.1, 0.15) is 51.4 Å². The number of nitrogens with zero attached hydrogens (tertiary/aromatic N) is 2. The summed E-state index contributed by atoms with van der Waals surface area (Å²) in [5.74, 6) is -2.51. The molecule has 3 nitrogen and oxygen atoms in total. The lowest BCUT2D eigenvalue weighted by Gasteiger charge is -2.55. The van der Waals surface area contributed by atoms with E-state index in [0.29, 0.717) is 65.0 Å². The maximum Gasteiger partial charge on any atom is 0.392 e. The van der Waals surface area contributed by atoms with Crippen molar-refractivity contribution in [3.05, 3.63) is 0 Å². The van der Waals surface area contributed by atoms with Crippen LogP contribution in [0.5, 0.6) is 0 Å². The molecule has 0 aromatic carbocycles. The Morgan fingerprint density at radius 2 is 1.10 bits per heavy atom. The van der Waals surface area contributed by atoms with Gasteiger partial charge in [0.25, 0.3) is 0 Å². The van der Waals surface area contributed by atoms with Gasteiger partial charge in [-0.3, -0.25) is 0 Å². The van der Waals surface area contributed by atoms with Crippen molar-refractivity contribution in [1.29, 1.82) is 0 Å². The Balaban J connectivity index is 1.31. The molecule has 2 aliphatic heterocycles. The zero-order chi connectivity index (χ0) is 21.8. The van der Waals surface area contributed by atoms with E-state index in [4.69, 9.17) is 0 Å². The van der Waals surface area contributed by atoms with Crippen LogP contribution in [0, 0.1) is 22.7 Å². The van der Waals surface area contributed by atoms with Gasteiger partial charge in [-0.25, -0.2) is 0 Å². The van der Waals surface area contributed by atoms with E-state index in [9.17, 15) is 31.4 Å². The fourth-order valence-corrected chi connectivity index (χ4v) is 6.77. The maximum absolute atomic E-state index is 13.4. The van der Waals surface area contributed by atoms with Crippen molar-refractivity contribution >= 4 is 0 Å². The molecule has 2 saturated heterocycles. The van der Waals surface area contributed by atoms with Gasteiger partial charge in [0.2, 0.25) is 0 Å². The molecule has 0 bridgehead atoms. The second kappa shape index (κ2) is 7.80. The Morgan fingerprint density at radius 3 is 1.37 bits per heavy atom. The van der Waals surface area contributed by atoms with Gasteiger partial charge in [-0.1, -0.05) is 12.8 Å². The largest absolute Gasteiger partial charge is 0.392 e. The predicted octanol–water partition coefficient (Wildman–Crippen LogP) is 4.46. The van der Waals surface area contributed by atoms with E-state index in [-0.39, 0.29) is 12.8 Å². The first kappa shape index (κ1) is 22.6. The van der Waals surface area contributed by atoms with Gasteiger partial charge in [0.15, 0.2) is 0 Å². The van der Waals surface area contributed by atoms with Gasteiger partial charge in [0.1, 0.15) is 0 Å². The van der Waals surface area contributed by atoms with E-state index in [1.165, 1.54) is 0 Å². The molecule has 4 fully saturated rings. The second-order valence-corrected chi connectivity index (χ2v) is 10.3. The molecule has 2 unspecified atom stereocenters. The molecule has 1 N–H and O–H groups in total. The number of likely N-dealkylation sites (tertiary alicyclic amines) is 2. The van der Waals surface area contributed by atoms with Crippen LogP contribution in [0.4, 0.5) is 26.3 Å². The molecule has 174 valence electrons. The molecule has 30 heavy (non-hydrogen) atoms. The van der Waals surface area contributed by atoms with Crippen molar-refractivity contribution in [1.82, 2.24) is 9.80 Å². The van der Waals surface area contributed by atoms with E-state index in [1.807, 2.05) is 9.80 Å². The lowest BCUT2D eigenvalue weighted by molar-refractivity contribution is -0.240. The van der Waals surface area contributed by atoms with Crippen molar-refractivity contribution < 1.29 is 31.4 Å². The highest BCUT2D eigenvalue weighted by molar-refractivity contribution is 5.03. The molecule has 2 aliphatic carbocycles. The van der Waals surface area contributed by atoms with Gasteiger partial charge in [0.05, 0.1) is 17.9 Å². The Morgan fingerprint density at radius 1 is 0.733 bits per heavy atom.